The molecule has 2 amide bonds. The quantitative estimate of drug-likeness (QED) is 0.713. The molecular weight excluding hydrogens is 350 g/mol. The van der Waals surface area contributed by atoms with Crippen molar-refractivity contribution in [2.45, 2.75) is 19.1 Å². The largest absolute Gasteiger partial charge is 0.482 e. The van der Waals surface area contributed by atoms with Crippen molar-refractivity contribution in [3.63, 3.8) is 0 Å². The van der Waals surface area contributed by atoms with E-state index in [2.05, 4.69) is 4.84 Å². The summed E-state index contributed by atoms with van der Waals surface area (Å²) in [6.45, 7) is 0.0906. The zero-order valence-electron chi connectivity index (χ0n) is 13.5. The molecule has 138 valence electrons. The lowest BCUT2D eigenvalue weighted by Gasteiger charge is -2.15. The minimum Gasteiger partial charge on any atom is -0.482 e. The van der Waals surface area contributed by atoms with Gasteiger partial charge in [0.15, 0.2) is 12.9 Å². The Labute approximate surface area is 147 Å². The molecule has 0 spiro atoms. The van der Waals surface area contributed by atoms with Crippen LogP contribution in [-0.2, 0) is 28.7 Å². The van der Waals surface area contributed by atoms with Gasteiger partial charge in [-0.1, -0.05) is 0 Å². The smallest absolute Gasteiger partial charge is 0.370 e. The monoisotopic (exact) mass is 365 g/mol. The number of hydroxylamine groups is 2. The fraction of sp³-hybridized carbons (Fsp3) is 0.375. The molecular formula is C16H15NO9. The molecule has 2 aliphatic rings. The number of carbonyl (C=O) groups is 4. The third kappa shape index (κ3) is 3.81. The van der Waals surface area contributed by atoms with Crippen LogP contribution in [0.25, 0.3) is 0 Å². The molecule has 10 nitrogen and oxygen atoms in total. The minimum atomic E-state index is -1.16. The van der Waals surface area contributed by atoms with Crippen LogP contribution in [0.2, 0.25) is 0 Å². The number of nitrogens with zero attached hydrogens (tertiary/aromatic N) is 1. The van der Waals surface area contributed by atoms with Gasteiger partial charge in [-0.3, -0.25) is 9.59 Å². The number of aromatic carboxylic acids is 1. The second-order valence-electron chi connectivity index (χ2n) is 5.46. The molecule has 0 aliphatic carbocycles. The van der Waals surface area contributed by atoms with E-state index in [1.165, 1.54) is 18.2 Å². The lowest BCUT2D eigenvalue weighted by atomic mass is 10.1. The first-order chi connectivity index (χ1) is 12.5. The Kier molecular flexibility index (Phi) is 5.14. The maximum absolute atomic E-state index is 11.7. The van der Waals surface area contributed by atoms with E-state index in [0.29, 0.717) is 18.3 Å². The van der Waals surface area contributed by atoms with Crippen LogP contribution >= 0.6 is 0 Å². The van der Waals surface area contributed by atoms with Gasteiger partial charge in [-0.2, -0.15) is 0 Å². The molecule has 1 N–H and O–H groups in total. The first-order valence-electron chi connectivity index (χ1n) is 7.75. The Balaban J connectivity index is 1.65. The number of amides is 2. The van der Waals surface area contributed by atoms with Crippen molar-refractivity contribution >= 4 is 23.8 Å². The van der Waals surface area contributed by atoms with Gasteiger partial charge >= 0.3 is 11.9 Å². The Morgan fingerprint density at radius 3 is 2.42 bits per heavy atom. The topological polar surface area (TPSA) is 129 Å². The van der Waals surface area contributed by atoms with Gasteiger partial charge in [0.25, 0.3) is 11.8 Å². The molecule has 2 aliphatic heterocycles. The fourth-order valence-corrected chi connectivity index (χ4v) is 2.49. The van der Waals surface area contributed by atoms with E-state index in [1.807, 2.05) is 0 Å². The summed E-state index contributed by atoms with van der Waals surface area (Å²) in [6.07, 6.45) is -0.848. The van der Waals surface area contributed by atoms with Gasteiger partial charge in [-0.05, 0) is 18.2 Å². The lowest BCUT2D eigenvalue weighted by molar-refractivity contribution is -0.198. The van der Waals surface area contributed by atoms with E-state index in [-0.39, 0.29) is 29.7 Å². The van der Waals surface area contributed by atoms with E-state index in [1.54, 1.807) is 0 Å². The van der Waals surface area contributed by atoms with Gasteiger partial charge in [-0.15, -0.1) is 5.06 Å². The van der Waals surface area contributed by atoms with Gasteiger partial charge in [-0.25, -0.2) is 9.59 Å². The molecule has 0 atom stereocenters. The number of hydrogen-bond acceptors (Lipinski definition) is 8. The molecule has 0 radical (unpaired) electrons. The predicted octanol–water partition coefficient (Wildman–Crippen LogP) is 0.416. The van der Waals surface area contributed by atoms with E-state index in [0.717, 1.165) is 0 Å². The normalized spacial score (nSPS) is 17.6. The van der Waals surface area contributed by atoms with Crippen molar-refractivity contribution in [1.82, 2.24) is 5.06 Å². The molecule has 1 aromatic carbocycles. The van der Waals surface area contributed by atoms with Crippen molar-refractivity contribution in [2.24, 2.45) is 0 Å². The van der Waals surface area contributed by atoms with Crippen molar-refractivity contribution in [1.29, 1.82) is 0 Å². The maximum Gasteiger partial charge on any atom is 0.370 e. The number of benzene rings is 1. The molecule has 0 aromatic heterocycles. The number of rotatable bonds is 6. The van der Waals surface area contributed by atoms with Crippen LogP contribution in [0.5, 0.6) is 5.75 Å². The van der Waals surface area contributed by atoms with Crippen LogP contribution < -0.4 is 4.74 Å². The van der Waals surface area contributed by atoms with Crippen molar-refractivity contribution in [3.8, 4) is 5.75 Å². The highest BCUT2D eigenvalue weighted by Crippen LogP contribution is 2.29. The molecule has 26 heavy (non-hydrogen) atoms. The Hall–Kier alpha value is -2.98. The van der Waals surface area contributed by atoms with Gasteiger partial charge in [0.1, 0.15) is 5.75 Å². The number of carboxylic acids is 1. The highest BCUT2D eigenvalue weighted by molar-refractivity contribution is 6.01. The highest BCUT2D eigenvalue weighted by Gasteiger charge is 2.33. The highest BCUT2D eigenvalue weighted by atomic mass is 16.7. The summed E-state index contributed by atoms with van der Waals surface area (Å²) in [7, 11) is 0. The van der Waals surface area contributed by atoms with Gasteiger partial charge < -0.3 is 24.2 Å². The fourth-order valence-electron chi connectivity index (χ4n) is 2.49. The van der Waals surface area contributed by atoms with E-state index < -0.39 is 36.6 Å². The Bertz CT molecular complexity index is 738. The van der Waals surface area contributed by atoms with Crippen molar-refractivity contribution in [3.05, 3.63) is 29.3 Å². The Morgan fingerprint density at radius 2 is 1.81 bits per heavy atom. The van der Waals surface area contributed by atoms with E-state index in [4.69, 9.17) is 14.2 Å². The van der Waals surface area contributed by atoms with Crippen LogP contribution in [0, 0.1) is 0 Å². The summed E-state index contributed by atoms with van der Waals surface area (Å²) in [5.74, 6) is -3.10. The minimum absolute atomic E-state index is 0.00559. The van der Waals surface area contributed by atoms with Gasteiger partial charge in [0.2, 0.25) is 0 Å². The number of hydrogen-bond donors (Lipinski definition) is 1. The second-order valence-corrected chi connectivity index (χ2v) is 5.46. The lowest BCUT2D eigenvalue weighted by Crippen LogP contribution is -2.33. The Morgan fingerprint density at radius 1 is 1.15 bits per heavy atom. The number of carbonyl (C=O) groups excluding carboxylic acids is 3. The SMILES string of the molecule is O=C(COc1ccc(C(=O)O)c(C2OCCO2)c1)ON1C(=O)CCC1=O. The summed E-state index contributed by atoms with van der Waals surface area (Å²) in [6, 6.07) is 4.05. The first-order valence-corrected chi connectivity index (χ1v) is 7.75. The number of imide groups is 1. The van der Waals surface area contributed by atoms with Crippen molar-refractivity contribution < 1.29 is 43.3 Å². The third-order valence-electron chi connectivity index (χ3n) is 3.68. The summed E-state index contributed by atoms with van der Waals surface area (Å²) < 4.78 is 15.9. The van der Waals surface area contributed by atoms with Crippen LogP contribution in [-0.4, -0.2) is 53.7 Å². The zero-order valence-corrected chi connectivity index (χ0v) is 13.5. The third-order valence-corrected chi connectivity index (χ3v) is 3.68. The molecule has 2 saturated heterocycles. The molecule has 0 saturated carbocycles. The van der Waals surface area contributed by atoms with Crippen LogP contribution in [0.4, 0.5) is 0 Å². The average Bonchev–Trinajstić information content (AvgIpc) is 3.25. The van der Waals surface area contributed by atoms with E-state index in [9.17, 15) is 24.3 Å². The molecule has 1 aromatic rings. The summed E-state index contributed by atoms with van der Waals surface area (Å²) in [5, 5.41) is 9.67. The molecule has 2 fully saturated rings. The maximum atomic E-state index is 11.7. The molecule has 10 heteroatoms. The molecule has 3 rings (SSSR count). The summed E-state index contributed by atoms with van der Waals surface area (Å²) in [4.78, 5) is 50.5. The van der Waals surface area contributed by atoms with Crippen LogP contribution in [0.1, 0.15) is 35.1 Å². The first kappa shape index (κ1) is 17.8. The molecule has 0 unspecified atom stereocenters. The summed E-state index contributed by atoms with van der Waals surface area (Å²) >= 11 is 0. The molecule has 0 bridgehead atoms. The molecule has 2 heterocycles. The predicted molar refractivity (Wildman–Crippen MR) is 80.7 cm³/mol. The number of carboxylic acid groups (broad SMARTS) is 1. The van der Waals surface area contributed by atoms with E-state index >= 15 is 0 Å². The zero-order chi connectivity index (χ0) is 18.7. The summed E-state index contributed by atoms with van der Waals surface area (Å²) in [5.41, 5.74) is 0.242. The second kappa shape index (κ2) is 7.50. The van der Waals surface area contributed by atoms with Crippen molar-refractivity contribution in [2.75, 3.05) is 19.8 Å². The van der Waals surface area contributed by atoms with Crippen LogP contribution in [0.3, 0.4) is 0 Å². The average molecular weight is 365 g/mol. The van der Waals surface area contributed by atoms with Gasteiger partial charge in [0.05, 0.1) is 18.8 Å². The van der Waals surface area contributed by atoms with Gasteiger partial charge in [0, 0.05) is 18.4 Å². The van der Waals surface area contributed by atoms with Crippen LogP contribution in [0.15, 0.2) is 18.2 Å². The standard InChI is InChI=1S/C16H15NO9/c18-12-3-4-13(19)17(12)26-14(20)8-25-9-1-2-10(15(21)22)11(7-9)16-23-5-6-24-16/h1-2,7,16H,3-6,8H2,(H,21,22). The number of ether oxygens (including phenoxy) is 3.